The molecule has 0 amide bonds. The minimum Gasteiger partial charge on any atom is -0.396 e. The second-order valence-electron chi connectivity index (χ2n) is 6.28. The Hall–Kier alpha value is -0.250. The van der Waals surface area contributed by atoms with Crippen molar-refractivity contribution in [3.63, 3.8) is 0 Å². The Bertz CT molecular complexity index is 423. The minimum atomic E-state index is -3.40. The summed E-state index contributed by atoms with van der Waals surface area (Å²) in [6.07, 6.45) is 1.48. The Morgan fingerprint density at radius 1 is 1.14 bits per heavy atom. The highest BCUT2D eigenvalue weighted by Gasteiger charge is 2.29. The second-order valence-corrected chi connectivity index (χ2v) is 8.03. The van der Waals surface area contributed by atoms with Crippen LogP contribution in [0.1, 0.15) is 12.8 Å². The first-order chi connectivity index (χ1) is 9.92. The standard InChI is InChI=1S/C13H28N4O3S/c1-15-7-8-16(2)13(10-15)9-14-21(19,20)17-5-3-12(11-18)4-6-17/h12-14,18H,3-11H2,1-2H3. The molecule has 0 bridgehead atoms. The SMILES string of the molecule is CN1CCN(C)C(CNS(=O)(=O)N2CCC(CO)CC2)C1. The molecule has 1 atom stereocenters. The van der Waals surface area contributed by atoms with E-state index in [1.54, 1.807) is 0 Å². The average Bonchev–Trinajstić information content (AvgIpc) is 2.48. The molecule has 21 heavy (non-hydrogen) atoms. The van der Waals surface area contributed by atoms with E-state index in [0.717, 1.165) is 32.5 Å². The molecule has 124 valence electrons. The minimum absolute atomic E-state index is 0.153. The zero-order valence-corrected chi connectivity index (χ0v) is 13.8. The third-order valence-corrected chi connectivity index (χ3v) is 6.23. The molecule has 2 N–H and O–H groups in total. The number of likely N-dealkylation sites (N-methyl/N-ethyl adjacent to an activating group) is 2. The third-order valence-electron chi connectivity index (χ3n) is 4.65. The van der Waals surface area contributed by atoms with Gasteiger partial charge in [-0.05, 0) is 32.9 Å². The fourth-order valence-electron chi connectivity index (χ4n) is 2.95. The van der Waals surface area contributed by atoms with Gasteiger partial charge in [-0.2, -0.15) is 12.7 Å². The summed E-state index contributed by atoms with van der Waals surface area (Å²) in [6.45, 7) is 4.47. The molecule has 2 fully saturated rings. The summed E-state index contributed by atoms with van der Waals surface area (Å²) in [7, 11) is 0.705. The van der Waals surface area contributed by atoms with Gasteiger partial charge in [0.05, 0.1) is 0 Å². The van der Waals surface area contributed by atoms with Gasteiger partial charge in [0, 0.05) is 51.9 Å². The quantitative estimate of drug-likeness (QED) is 0.663. The molecule has 8 heteroatoms. The van der Waals surface area contributed by atoms with Crippen LogP contribution in [0.4, 0.5) is 0 Å². The zero-order chi connectivity index (χ0) is 15.5. The second kappa shape index (κ2) is 7.34. The van der Waals surface area contributed by atoms with Gasteiger partial charge in [-0.1, -0.05) is 0 Å². The molecule has 0 spiro atoms. The number of hydrogen-bond acceptors (Lipinski definition) is 5. The summed E-state index contributed by atoms with van der Waals surface area (Å²) in [6, 6.07) is 0.216. The van der Waals surface area contributed by atoms with Crippen molar-refractivity contribution in [3.05, 3.63) is 0 Å². The molecule has 2 rings (SSSR count). The molecule has 2 heterocycles. The van der Waals surface area contributed by atoms with Crippen LogP contribution in [0, 0.1) is 5.92 Å². The monoisotopic (exact) mass is 320 g/mol. The van der Waals surface area contributed by atoms with Gasteiger partial charge < -0.3 is 10.0 Å². The molecule has 0 saturated carbocycles. The van der Waals surface area contributed by atoms with E-state index in [1.807, 2.05) is 7.05 Å². The lowest BCUT2D eigenvalue weighted by Crippen LogP contribution is -2.56. The predicted molar refractivity (Wildman–Crippen MR) is 82.2 cm³/mol. The van der Waals surface area contributed by atoms with E-state index in [1.165, 1.54) is 4.31 Å². The summed E-state index contributed by atoms with van der Waals surface area (Å²) >= 11 is 0. The number of rotatable bonds is 5. The van der Waals surface area contributed by atoms with E-state index in [2.05, 4.69) is 21.6 Å². The van der Waals surface area contributed by atoms with Crippen molar-refractivity contribution < 1.29 is 13.5 Å². The number of hydrogen-bond donors (Lipinski definition) is 2. The Morgan fingerprint density at radius 2 is 1.81 bits per heavy atom. The first-order valence-corrected chi connectivity index (χ1v) is 9.10. The van der Waals surface area contributed by atoms with Crippen LogP contribution in [0.25, 0.3) is 0 Å². The fourth-order valence-corrected chi connectivity index (χ4v) is 4.22. The molecule has 1 unspecified atom stereocenters. The van der Waals surface area contributed by atoms with Gasteiger partial charge in [-0.15, -0.1) is 0 Å². The molecule has 2 aliphatic rings. The van der Waals surface area contributed by atoms with Gasteiger partial charge >= 0.3 is 0 Å². The van der Waals surface area contributed by atoms with Crippen LogP contribution in [-0.4, -0.2) is 93.6 Å². The highest BCUT2D eigenvalue weighted by Crippen LogP contribution is 2.18. The molecular formula is C13H28N4O3S. The number of piperidine rings is 1. The fraction of sp³-hybridized carbons (Fsp3) is 1.00. The van der Waals surface area contributed by atoms with Crippen LogP contribution < -0.4 is 4.72 Å². The Labute approximate surface area is 128 Å². The van der Waals surface area contributed by atoms with E-state index < -0.39 is 10.2 Å². The van der Waals surface area contributed by atoms with E-state index in [-0.39, 0.29) is 18.6 Å². The van der Waals surface area contributed by atoms with Crippen LogP contribution in [0.2, 0.25) is 0 Å². The van der Waals surface area contributed by atoms with Crippen LogP contribution in [-0.2, 0) is 10.2 Å². The lowest BCUT2D eigenvalue weighted by molar-refractivity contribution is 0.116. The number of nitrogens with zero attached hydrogens (tertiary/aromatic N) is 3. The van der Waals surface area contributed by atoms with Crippen molar-refractivity contribution in [1.82, 2.24) is 18.8 Å². The number of nitrogens with one attached hydrogen (secondary N) is 1. The zero-order valence-electron chi connectivity index (χ0n) is 13.0. The maximum absolute atomic E-state index is 12.3. The molecular weight excluding hydrogens is 292 g/mol. The Balaban J connectivity index is 1.84. The summed E-state index contributed by atoms with van der Waals surface area (Å²) in [5, 5.41) is 9.11. The summed E-state index contributed by atoms with van der Waals surface area (Å²) in [5.74, 6) is 0.245. The van der Waals surface area contributed by atoms with Crippen molar-refractivity contribution in [3.8, 4) is 0 Å². The number of piperazine rings is 1. The van der Waals surface area contributed by atoms with E-state index in [0.29, 0.717) is 19.6 Å². The van der Waals surface area contributed by atoms with E-state index in [9.17, 15) is 8.42 Å². The lowest BCUT2D eigenvalue weighted by Gasteiger charge is -2.38. The van der Waals surface area contributed by atoms with Gasteiger partial charge in [0.25, 0.3) is 10.2 Å². The summed E-state index contributed by atoms with van der Waals surface area (Å²) < 4.78 is 28.9. The van der Waals surface area contributed by atoms with Gasteiger partial charge in [0.2, 0.25) is 0 Å². The van der Waals surface area contributed by atoms with Crippen molar-refractivity contribution in [1.29, 1.82) is 0 Å². The molecule has 0 aromatic rings. The van der Waals surface area contributed by atoms with E-state index in [4.69, 9.17) is 5.11 Å². The molecule has 7 nitrogen and oxygen atoms in total. The molecule has 0 aromatic carbocycles. The Morgan fingerprint density at radius 3 is 2.43 bits per heavy atom. The molecule has 0 aliphatic carbocycles. The lowest BCUT2D eigenvalue weighted by atomic mass is 10.00. The summed E-state index contributed by atoms with van der Waals surface area (Å²) in [4.78, 5) is 4.44. The third kappa shape index (κ3) is 4.61. The summed E-state index contributed by atoms with van der Waals surface area (Å²) in [5.41, 5.74) is 0. The van der Waals surface area contributed by atoms with Gasteiger partial charge in [-0.3, -0.25) is 4.90 Å². The first-order valence-electron chi connectivity index (χ1n) is 7.66. The highest BCUT2D eigenvalue weighted by atomic mass is 32.2. The van der Waals surface area contributed by atoms with Crippen molar-refractivity contribution >= 4 is 10.2 Å². The van der Waals surface area contributed by atoms with Gasteiger partial charge in [0.15, 0.2) is 0 Å². The molecule has 2 saturated heterocycles. The maximum Gasteiger partial charge on any atom is 0.279 e. The normalized spacial score (nSPS) is 28.0. The largest absolute Gasteiger partial charge is 0.396 e. The van der Waals surface area contributed by atoms with E-state index >= 15 is 0 Å². The Kier molecular flexibility index (Phi) is 5.98. The van der Waals surface area contributed by atoms with Crippen LogP contribution >= 0.6 is 0 Å². The van der Waals surface area contributed by atoms with Crippen molar-refractivity contribution in [2.45, 2.75) is 18.9 Å². The molecule has 0 aromatic heterocycles. The predicted octanol–water partition coefficient (Wildman–Crippen LogP) is -1.23. The number of aliphatic hydroxyl groups excluding tert-OH is 1. The number of aliphatic hydroxyl groups is 1. The maximum atomic E-state index is 12.3. The first kappa shape index (κ1) is 17.1. The van der Waals surface area contributed by atoms with Crippen LogP contribution in [0.5, 0.6) is 0 Å². The smallest absolute Gasteiger partial charge is 0.279 e. The molecule has 2 aliphatic heterocycles. The van der Waals surface area contributed by atoms with Gasteiger partial charge in [-0.25, -0.2) is 4.72 Å². The van der Waals surface area contributed by atoms with Crippen LogP contribution in [0.3, 0.4) is 0 Å². The van der Waals surface area contributed by atoms with Crippen LogP contribution in [0.15, 0.2) is 0 Å². The van der Waals surface area contributed by atoms with Crippen molar-refractivity contribution in [2.75, 3.05) is 60.0 Å². The highest BCUT2D eigenvalue weighted by molar-refractivity contribution is 7.87. The molecule has 0 radical (unpaired) electrons. The van der Waals surface area contributed by atoms with Gasteiger partial charge in [0.1, 0.15) is 0 Å². The average molecular weight is 320 g/mol. The topological polar surface area (TPSA) is 76.1 Å². The van der Waals surface area contributed by atoms with Crippen molar-refractivity contribution in [2.24, 2.45) is 5.92 Å².